The summed E-state index contributed by atoms with van der Waals surface area (Å²) in [6.07, 6.45) is 1.72. The minimum atomic E-state index is -3.55. The van der Waals surface area contributed by atoms with E-state index in [1.54, 1.807) is 43.1 Å². The quantitative estimate of drug-likeness (QED) is 0.694. The summed E-state index contributed by atoms with van der Waals surface area (Å²) in [4.78, 5) is 16.7. The summed E-state index contributed by atoms with van der Waals surface area (Å²) in [5, 5.41) is 0. The van der Waals surface area contributed by atoms with Crippen LogP contribution in [0.2, 0.25) is 0 Å². The maximum atomic E-state index is 15.9. The van der Waals surface area contributed by atoms with Crippen molar-refractivity contribution < 1.29 is 26.7 Å². The molecule has 1 saturated carbocycles. The smallest absolute Gasteiger partial charge is 0.320 e. The second kappa shape index (κ2) is 8.74. The van der Waals surface area contributed by atoms with Crippen molar-refractivity contribution in [2.75, 3.05) is 32.5 Å². The zero-order valence-corrected chi connectivity index (χ0v) is 20.6. The lowest BCUT2D eigenvalue weighted by atomic mass is 9.91. The lowest BCUT2D eigenvalue weighted by Gasteiger charge is -2.32. The number of ether oxygens (including phenoxy) is 1. The molecule has 1 saturated heterocycles. The van der Waals surface area contributed by atoms with E-state index in [0.717, 1.165) is 12.8 Å². The molecule has 2 atom stereocenters. The van der Waals surface area contributed by atoms with E-state index in [0.29, 0.717) is 17.7 Å². The second-order valence-corrected chi connectivity index (χ2v) is 11.8. The SMILES string of the molecule is CCS(=O)(=O)N[C@@H]1C2Cc3cccc(c3F)-c3cccc(F)c3OCCN(C)C(=O)N2CC12CC2. The number of fused-ring (bicyclic) bond motifs is 5. The molecular formula is C25H29F2N3O4S. The lowest BCUT2D eigenvalue weighted by molar-refractivity contribution is 0.146. The first kappa shape index (κ1) is 24.0. The molecule has 2 bridgehead atoms. The summed E-state index contributed by atoms with van der Waals surface area (Å²) < 4.78 is 64.3. The Hall–Kier alpha value is -2.72. The number of halogens is 2. The highest BCUT2D eigenvalue weighted by molar-refractivity contribution is 7.89. The van der Waals surface area contributed by atoms with Crippen molar-refractivity contribution in [1.29, 1.82) is 0 Å². The van der Waals surface area contributed by atoms with Gasteiger partial charge in [0.05, 0.1) is 18.3 Å². The molecule has 2 aromatic carbocycles. The molecule has 2 amide bonds. The summed E-state index contributed by atoms with van der Waals surface area (Å²) >= 11 is 0. The number of hydrogen-bond donors (Lipinski definition) is 1. The number of para-hydroxylation sites is 1. The Morgan fingerprint density at radius 3 is 2.57 bits per heavy atom. The van der Waals surface area contributed by atoms with Gasteiger partial charge in [-0.05, 0) is 37.8 Å². The van der Waals surface area contributed by atoms with Crippen LogP contribution < -0.4 is 9.46 Å². The fourth-order valence-corrected chi connectivity index (χ4v) is 6.29. The Bertz CT molecular complexity index is 1270. The number of urea groups is 1. The molecule has 2 heterocycles. The topological polar surface area (TPSA) is 79.0 Å². The van der Waals surface area contributed by atoms with Crippen LogP contribution in [0.15, 0.2) is 36.4 Å². The molecule has 0 aromatic heterocycles. The van der Waals surface area contributed by atoms with Crippen molar-refractivity contribution in [2.45, 2.75) is 38.3 Å². The monoisotopic (exact) mass is 505 g/mol. The Morgan fingerprint density at radius 1 is 1.14 bits per heavy atom. The molecule has 35 heavy (non-hydrogen) atoms. The van der Waals surface area contributed by atoms with Gasteiger partial charge in [-0.3, -0.25) is 0 Å². The van der Waals surface area contributed by atoms with Crippen LogP contribution in [0.4, 0.5) is 13.6 Å². The first-order chi connectivity index (χ1) is 16.7. The van der Waals surface area contributed by atoms with Gasteiger partial charge < -0.3 is 14.5 Å². The molecule has 2 fully saturated rings. The van der Waals surface area contributed by atoms with Gasteiger partial charge in [0.25, 0.3) is 0 Å². The summed E-state index contributed by atoms with van der Waals surface area (Å²) in [7, 11) is -1.92. The van der Waals surface area contributed by atoms with Crippen LogP contribution in [0.25, 0.3) is 11.1 Å². The van der Waals surface area contributed by atoms with Crippen LogP contribution >= 0.6 is 0 Å². The summed E-state index contributed by atoms with van der Waals surface area (Å²) in [6, 6.07) is 7.89. The van der Waals surface area contributed by atoms with Crippen molar-refractivity contribution in [3.63, 3.8) is 0 Å². The second-order valence-electron chi connectivity index (χ2n) is 9.71. The van der Waals surface area contributed by atoms with E-state index in [4.69, 9.17) is 4.74 Å². The van der Waals surface area contributed by atoms with Crippen molar-refractivity contribution >= 4 is 16.1 Å². The van der Waals surface area contributed by atoms with Crippen LogP contribution in [0.1, 0.15) is 25.3 Å². The number of rotatable bonds is 3. The fourth-order valence-electron chi connectivity index (χ4n) is 5.33. The minimum Gasteiger partial charge on any atom is -0.488 e. The zero-order chi connectivity index (χ0) is 25.0. The van der Waals surface area contributed by atoms with Gasteiger partial charge in [0, 0.05) is 36.2 Å². The standard InChI is InChI=1S/C25H29F2N3O4S/c1-3-35(32,33)28-23-20-14-16-6-4-7-17(21(16)27)18-8-5-9-19(26)22(18)34-13-12-29(2)24(31)30(20)15-25(23)10-11-25/h4-9,20,23,28H,3,10-15H2,1-2H3/t20?,23-/m1/s1. The molecule has 7 nitrogen and oxygen atoms in total. The number of carbonyl (C=O) groups is 1. The third-order valence-electron chi connectivity index (χ3n) is 7.52. The van der Waals surface area contributed by atoms with E-state index in [9.17, 15) is 17.6 Å². The summed E-state index contributed by atoms with van der Waals surface area (Å²) in [5.74, 6) is -1.28. The molecule has 0 radical (unpaired) electrons. The van der Waals surface area contributed by atoms with Gasteiger partial charge in [-0.2, -0.15) is 0 Å². The van der Waals surface area contributed by atoms with Crippen molar-refractivity contribution in [1.82, 2.24) is 14.5 Å². The summed E-state index contributed by atoms with van der Waals surface area (Å²) in [6.45, 7) is 2.17. The molecule has 3 aliphatic rings. The highest BCUT2D eigenvalue weighted by Crippen LogP contribution is 2.56. The van der Waals surface area contributed by atoms with E-state index >= 15 is 4.39 Å². The lowest BCUT2D eigenvalue weighted by Crippen LogP contribution is -2.52. The molecule has 1 N–H and O–H groups in total. The third kappa shape index (κ3) is 4.27. The number of hydrogen-bond acceptors (Lipinski definition) is 4. The van der Waals surface area contributed by atoms with Crippen molar-refractivity contribution in [3.05, 3.63) is 53.6 Å². The predicted molar refractivity (Wildman–Crippen MR) is 128 cm³/mol. The Labute approximate surface area is 204 Å². The Kier molecular flexibility index (Phi) is 5.99. The highest BCUT2D eigenvalue weighted by atomic mass is 32.2. The predicted octanol–water partition coefficient (Wildman–Crippen LogP) is 3.39. The average molecular weight is 506 g/mol. The fraction of sp³-hybridized carbons (Fsp3) is 0.480. The third-order valence-corrected chi connectivity index (χ3v) is 8.89. The molecule has 2 aromatic rings. The first-order valence-corrected chi connectivity index (χ1v) is 13.5. The molecule has 1 spiro atoms. The number of carbonyl (C=O) groups excluding carboxylic acids is 1. The van der Waals surface area contributed by atoms with Gasteiger partial charge in [0.2, 0.25) is 10.0 Å². The van der Waals surface area contributed by atoms with E-state index in [1.807, 2.05) is 0 Å². The molecule has 1 unspecified atom stereocenters. The van der Waals surface area contributed by atoms with Crippen LogP contribution in [-0.4, -0.2) is 68.8 Å². The molecule has 188 valence electrons. The van der Waals surface area contributed by atoms with Crippen LogP contribution in [-0.2, 0) is 16.4 Å². The van der Waals surface area contributed by atoms with Gasteiger partial charge in [-0.1, -0.05) is 30.3 Å². The van der Waals surface area contributed by atoms with E-state index in [2.05, 4.69) is 4.72 Å². The van der Waals surface area contributed by atoms with E-state index in [-0.39, 0.29) is 48.1 Å². The number of amides is 2. The maximum Gasteiger partial charge on any atom is 0.320 e. The van der Waals surface area contributed by atoms with Gasteiger partial charge in [-0.25, -0.2) is 26.7 Å². The molecule has 1 aliphatic carbocycles. The van der Waals surface area contributed by atoms with E-state index < -0.39 is 33.7 Å². The van der Waals surface area contributed by atoms with Crippen molar-refractivity contribution in [2.24, 2.45) is 5.41 Å². The normalized spacial score (nSPS) is 23.6. The molecule has 5 rings (SSSR count). The maximum absolute atomic E-state index is 15.9. The number of nitrogens with one attached hydrogen (secondary N) is 1. The Morgan fingerprint density at radius 2 is 1.86 bits per heavy atom. The largest absolute Gasteiger partial charge is 0.488 e. The van der Waals surface area contributed by atoms with Gasteiger partial charge in [0.15, 0.2) is 11.6 Å². The number of sulfonamides is 1. The Balaban J connectivity index is 1.63. The molecule has 10 heteroatoms. The van der Waals surface area contributed by atoms with Gasteiger partial charge in [0.1, 0.15) is 12.4 Å². The molecule has 2 aliphatic heterocycles. The summed E-state index contributed by atoms with van der Waals surface area (Å²) in [5.41, 5.74) is 0.483. The number of likely N-dealkylation sites (N-methyl/N-ethyl adjacent to an activating group) is 1. The van der Waals surface area contributed by atoms with Crippen LogP contribution in [0.3, 0.4) is 0 Å². The first-order valence-electron chi connectivity index (χ1n) is 11.9. The zero-order valence-electron chi connectivity index (χ0n) is 19.8. The minimum absolute atomic E-state index is 0.0209. The van der Waals surface area contributed by atoms with E-state index in [1.165, 1.54) is 17.0 Å². The van der Waals surface area contributed by atoms with Crippen LogP contribution in [0, 0.1) is 17.0 Å². The highest BCUT2D eigenvalue weighted by Gasteiger charge is 2.61. The van der Waals surface area contributed by atoms with Crippen LogP contribution in [0.5, 0.6) is 5.75 Å². The van der Waals surface area contributed by atoms with Crippen molar-refractivity contribution in [3.8, 4) is 16.9 Å². The number of nitrogens with zero attached hydrogens (tertiary/aromatic N) is 2. The van der Waals surface area contributed by atoms with Gasteiger partial charge >= 0.3 is 6.03 Å². The van der Waals surface area contributed by atoms with Gasteiger partial charge in [-0.15, -0.1) is 0 Å². The average Bonchev–Trinajstić information content (AvgIpc) is 3.55. The number of benzene rings is 2. The molecular weight excluding hydrogens is 476 g/mol.